The molecule has 1 aromatic carbocycles. The smallest absolute Gasteiger partial charge is 0.313 e. The molecule has 0 aliphatic carbocycles. The number of aryl methyl sites for hydroxylation is 1. The van der Waals surface area contributed by atoms with Crippen LogP contribution < -0.4 is 20.8 Å². The van der Waals surface area contributed by atoms with E-state index >= 15 is 0 Å². The molecule has 1 heterocycles. The zero-order valence-corrected chi connectivity index (χ0v) is 10.1. The summed E-state index contributed by atoms with van der Waals surface area (Å²) in [6.45, 7) is 0. The maximum atomic E-state index is 11.7. The van der Waals surface area contributed by atoms with E-state index in [1.807, 2.05) is 0 Å². The van der Waals surface area contributed by atoms with E-state index < -0.39 is 0 Å². The molecule has 0 amide bonds. The van der Waals surface area contributed by atoms with Crippen LogP contribution in [-0.2, 0) is 7.05 Å². The summed E-state index contributed by atoms with van der Waals surface area (Å²) in [6.07, 6.45) is 3.04. The number of aromatic nitrogens is 2. The fourth-order valence-electron chi connectivity index (χ4n) is 1.42. The third kappa shape index (κ3) is 2.27. The summed E-state index contributed by atoms with van der Waals surface area (Å²) in [6, 6.07) is 4.90. The van der Waals surface area contributed by atoms with Crippen LogP contribution in [0.5, 0.6) is 17.4 Å². The standard InChI is InChI=1S/C12H13N3O3/c1-15-6-5-14-11(12(15)16)18-9-4-3-8(13)7-10(9)17-2/h3-7H,13H2,1-2H3. The number of rotatable bonds is 3. The Hall–Kier alpha value is -2.50. The zero-order valence-electron chi connectivity index (χ0n) is 10.1. The largest absolute Gasteiger partial charge is 0.493 e. The molecule has 6 nitrogen and oxygen atoms in total. The number of nitrogens with two attached hydrogens (primary N) is 1. The van der Waals surface area contributed by atoms with Crippen LogP contribution in [0, 0.1) is 0 Å². The third-order valence-electron chi connectivity index (χ3n) is 2.38. The molecule has 0 aliphatic rings. The van der Waals surface area contributed by atoms with Crippen molar-refractivity contribution in [3.05, 3.63) is 40.9 Å². The van der Waals surface area contributed by atoms with E-state index in [4.69, 9.17) is 15.2 Å². The lowest BCUT2D eigenvalue weighted by Gasteiger charge is -2.09. The molecule has 0 saturated carbocycles. The van der Waals surface area contributed by atoms with Crippen LogP contribution >= 0.6 is 0 Å². The van der Waals surface area contributed by atoms with Gasteiger partial charge in [0.2, 0.25) is 0 Å². The Bertz CT molecular complexity index is 622. The van der Waals surface area contributed by atoms with Crippen molar-refractivity contribution >= 4 is 5.69 Å². The molecule has 94 valence electrons. The van der Waals surface area contributed by atoms with Gasteiger partial charge in [0.15, 0.2) is 11.5 Å². The van der Waals surface area contributed by atoms with Crippen molar-refractivity contribution in [1.82, 2.24) is 9.55 Å². The van der Waals surface area contributed by atoms with Crippen molar-refractivity contribution < 1.29 is 9.47 Å². The highest BCUT2D eigenvalue weighted by molar-refractivity contribution is 5.52. The number of ether oxygens (including phenoxy) is 2. The van der Waals surface area contributed by atoms with Gasteiger partial charge in [-0.3, -0.25) is 4.79 Å². The van der Waals surface area contributed by atoms with E-state index in [1.54, 1.807) is 31.4 Å². The molecule has 0 fully saturated rings. The molecule has 0 aliphatic heterocycles. The van der Waals surface area contributed by atoms with Gasteiger partial charge in [-0.05, 0) is 12.1 Å². The zero-order chi connectivity index (χ0) is 13.1. The SMILES string of the molecule is COc1cc(N)ccc1Oc1nccn(C)c1=O. The summed E-state index contributed by atoms with van der Waals surface area (Å²) in [5.41, 5.74) is 5.86. The van der Waals surface area contributed by atoms with E-state index in [1.165, 1.54) is 17.9 Å². The van der Waals surface area contributed by atoms with Crippen LogP contribution in [0.3, 0.4) is 0 Å². The molecule has 0 radical (unpaired) electrons. The predicted molar refractivity (Wildman–Crippen MR) is 67.0 cm³/mol. The lowest BCUT2D eigenvalue weighted by Crippen LogP contribution is -2.18. The van der Waals surface area contributed by atoms with Crippen LogP contribution in [0.2, 0.25) is 0 Å². The summed E-state index contributed by atoms with van der Waals surface area (Å²) in [5.74, 6) is 0.827. The van der Waals surface area contributed by atoms with Crippen molar-refractivity contribution in [1.29, 1.82) is 0 Å². The molecule has 1 aromatic heterocycles. The van der Waals surface area contributed by atoms with Gasteiger partial charge in [0.05, 0.1) is 7.11 Å². The van der Waals surface area contributed by atoms with Gasteiger partial charge in [0, 0.05) is 31.2 Å². The average molecular weight is 247 g/mol. The fraction of sp³-hybridized carbons (Fsp3) is 0.167. The van der Waals surface area contributed by atoms with Gasteiger partial charge in [-0.25, -0.2) is 4.98 Å². The Morgan fingerprint density at radius 3 is 2.83 bits per heavy atom. The molecular weight excluding hydrogens is 234 g/mol. The maximum Gasteiger partial charge on any atom is 0.313 e. The Morgan fingerprint density at radius 2 is 2.11 bits per heavy atom. The van der Waals surface area contributed by atoms with Gasteiger partial charge in [-0.1, -0.05) is 0 Å². The van der Waals surface area contributed by atoms with E-state index in [0.29, 0.717) is 17.2 Å². The first-order valence-electron chi connectivity index (χ1n) is 5.25. The topological polar surface area (TPSA) is 79.4 Å². The fourth-order valence-corrected chi connectivity index (χ4v) is 1.42. The van der Waals surface area contributed by atoms with Crippen LogP contribution in [0.4, 0.5) is 5.69 Å². The first kappa shape index (κ1) is 12.0. The molecule has 0 saturated heterocycles. The molecule has 2 N–H and O–H groups in total. The summed E-state index contributed by atoms with van der Waals surface area (Å²) in [4.78, 5) is 15.6. The van der Waals surface area contributed by atoms with Crippen LogP contribution in [0.15, 0.2) is 35.4 Å². The summed E-state index contributed by atoms with van der Waals surface area (Å²) in [5, 5.41) is 0. The maximum absolute atomic E-state index is 11.7. The predicted octanol–water partition coefficient (Wildman–Crippen LogP) is 1.16. The lowest BCUT2D eigenvalue weighted by molar-refractivity contribution is 0.371. The quantitative estimate of drug-likeness (QED) is 0.823. The van der Waals surface area contributed by atoms with Gasteiger partial charge in [-0.2, -0.15) is 0 Å². The average Bonchev–Trinajstić information content (AvgIpc) is 2.37. The van der Waals surface area contributed by atoms with Crippen molar-refractivity contribution in [3.8, 4) is 17.4 Å². The Kier molecular flexibility index (Phi) is 3.18. The van der Waals surface area contributed by atoms with E-state index in [9.17, 15) is 4.79 Å². The van der Waals surface area contributed by atoms with Crippen molar-refractivity contribution in [2.45, 2.75) is 0 Å². The van der Waals surface area contributed by atoms with Gasteiger partial charge in [-0.15, -0.1) is 0 Å². The number of anilines is 1. The van der Waals surface area contributed by atoms with Crippen LogP contribution in [0.25, 0.3) is 0 Å². The molecule has 0 spiro atoms. The highest BCUT2D eigenvalue weighted by Crippen LogP contribution is 2.31. The highest BCUT2D eigenvalue weighted by Gasteiger charge is 2.10. The molecule has 2 rings (SSSR count). The first-order valence-corrected chi connectivity index (χ1v) is 5.25. The normalized spacial score (nSPS) is 10.1. The first-order chi connectivity index (χ1) is 8.61. The van der Waals surface area contributed by atoms with Gasteiger partial charge < -0.3 is 19.8 Å². The Labute approximate surface area is 104 Å². The third-order valence-corrected chi connectivity index (χ3v) is 2.38. The van der Waals surface area contributed by atoms with Gasteiger partial charge in [0.25, 0.3) is 5.88 Å². The summed E-state index contributed by atoms with van der Waals surface area (Å²) in [7, 11) is 3.12. The molecule has 18 heavy (non-hydrogen) atoms. The minimum atomic E-state index is -0.323. The van der Waals surface area contributed by atoms with Crippen molar-refractivity contribution in [3.63, 3.8) is 0 Å². The number of methoxy groups -OCH3 is 1. The molecule has 2 aromatic rings. The number of benzene rings is 1. The van der Waals surface area contributed by atoms with Crippen molar-refractivity contribution in [2.75, 3.05) is 12.8 Å². The number of nitrogen functional groups attached to an aromatic ring is 1. The second-order valence-electron chi connectivity index (χ2n) is 3.66. The van der Waals surface area contributed by atoms with Gasteiger partial charge >= 0.3 is 5.56 Å². The monoisotopic (exact) mass is 247 g/mol. The Balaban J connectivity index is 2.40. The van der Waals surface area contributed by atoms with E-state index in [-0.39, 0.29) is 11.4 Å². The summed E-state index contributed by atoms with van der Waals surface area (Å²) >= 11 is 0. The second-order valence-corrected chi connectivity index (χ2v) is 3.66. The molecule has 0 atom stereocenters. The minimum Gasteiger partial charge on any atom is -0.493 e. The second kappa shape index (κ2) is 4.79. The van der Waals surface area contributed by atoms with Crippen molar-refractivity contribution in [2.24, 2.45) is 7.05 Å². The lowest BCUT2D eigenvalue weighted by atomic mass is 10.3. The molecular formula is C12H13N3O3. The molecule has 6 heteroatoms. The minimum absolute atomic E-state index is 0.0110. The number of hydrogen-bond acceptors (Lipinski definition) is 5. The number of nitrogens with zero attached hydrogens (tertiary/aromatic N) is 2. The number of hydrogen-bond donors (Lipinski definition) is 1. The molecule has 0 unspecified atom stereocenters. The van der Waals surface area contributed by atoms with E-state index in [0.717, 1.165) is 0 Å². The molecule has 0 bridgehead atoms. The van der Waals surface area contributed by atoms with Crippen LogP contribution in [-0.4, -0.2) is 16.7 Å². The Morgan fingerprint density at radius 1 is 1.33 bits per heavy atom. The van der Waals surface area contributed by atoms with E-state index in [2.05, 4.69) is 4.98 Å². The van der Waals surface area contributed by atoms with Crippen LogP contribution in [0.1, 0.15) is 0 Å². The van der Waals surface area contributed by atoms with Gasteiger partial charge in [0.1, 0.15) is 0 Å². The summed E-state index contributed by atoms with van der Waals surface area (Å²) < 4.78 is 11.9. The highest BCUT2D eigenvalue weighted by atomic mass is 16.5.